The number of nitrogens with zero attached hydrogens (tertiary/aromatic N) is 3. The molecular formula is C35H41Cl2N5O3. The average molecular weight is 651 g/mol. The highest BCUT2D eigenvalue weighted by Crippen LogP contribution is 2.31. The van der Waals surface area contributed by atoms with Gasteiger partial charge < -0.3 is 25.8 Å². The van der Waals surface area contributed by atoms with Crippen LogP contribution in [0.25, 0.3) is 0 Å². The molecule has 8 nitrogen and oxygen atoms in total. The molecule has 2 aliphatic rings. The van der Waals surface area contributed by atoms with E-state index in [0.717, 1.165) is 35.1 Å². The molecule has 0 radical (unpaired) electrons. The summed E-state index contributed by atoms with van der Waals surface area (Å²) in [6, 6.07) is 20.2. The number of hydrogen-bond acceptors (Lipinski definition) is 5. The van der Waals surface area contributed by atoms with Crippen LogP contribution >= 0.6 is 23.2 Å². The summed E-state index contributed by atoms with van der Waals surface area (Å²) in [5, 5.41) is 4.26. The molecule has 3 aromatic carbocycles. The van der Waals surface area contributed by atoms with Crippen LogP contribution in [0.5, 0.6) is 0 Å². The zero-order chi connectivity index (χ0) is 32.1. The molecular weight excluding hydrogens is 609 g/mol. The molecule has 2 aliphatic heterocycles. The van der Waals surface area contributed by atoms with Crippen molar-refractivity contribution < 1.29 is 14.4 Å². The van der Waals surface area contributed by atoms with E-state index in [1.165, 1.54) is 0 Å². The van der Waals surface area contributed by atoms with E-state index in [2.05, 4.69) is 5.32 Å². The molecule has 0 unspecified atom stereocenters. The quantitative estimate of drug-likeness (QED) is 0.366. The molecule has 45 heavy (non-hydrogen) atoms. The van der Waals surface area contributed by atoms with E-state index < -0.39 is 6.04 Å². The number of rotatable bonds is 8. The molecule has 0 bridgehead atoms. The van der Waals surface area contributed by atoms with E-state index in [9.17, 15) is 14.4 Å². The van der Waals surface area contributed by atoms with Crippen molar-refractivity contribution >= 4 is 40.9 Å². The summed E-state index contributed by atoms with van der Waals surface area (Å²) in [6.07, 6.45) is 1.99. The van der Waals surface area contributed by atoms with Gasteiger partial charge in [-0.3, -0.25) is 14.4 Å². The highest BCUT2D eigenvalue weighted by atomic mass is 35.5. The van der Waals surface area contributed by atoms with Gasteiger partial charge >= 0.3 is 0 Å². The Hall–Kier alpha value is -3.43. The predicted molar refractivity (Wildman–Crippen MR) is 178 cm³/mol. The first kappa shape index (κ1) is 32.9. The topological polar surface area (TPSA) is 99.0 Å². The van der Waals surface area contributed by atoms with Crippen LogP contribution in [-0.4, -0.2) is 83.8 Å². The van der Waals surface area contributed by atoms with Gasteiger partial charge in [-0.1, -0.05) is 76.8 Å². The summed E-state index contributed by atoms with van der Waals surface area (Å²) in [4.78, 5) is 45.7. The standard InChI is InChI=1S/C35H41Cl2N5O3/c1-23-16-24(2)18-27(17-23)34(44)41-14-15-42(32(22-41)26-8-9-29(36)30(37)20-26)33(43)21-39-28-10-12-40(13-11-28)35(45)31(38)19-25-6-4-3-5-7-25/h3-9,16-18,20,28,31-32,39H,10-15,19,21-22,38H2,1-2H3/t31-,32+/m1/s1. The van der Waals surface area contributed by atoms with Crippen molar-refractivity contribution in [3.63, 3.8) is 0 Å². The highest BCUT2D eigenvalue weighted by Gasteiger charge is 2.35. The minimum Gasteiger partial charge on any atom is -0.341 e. The first-order chi connectivity index (χ1) is 21.6. The number of nitrogens with two attached hydrogens (primary N) is 1. The van der Waals surface area contributed by atoms with Crippen LogP contribution in [0.1, 0.15) is 51.5 Å². The van der Waals surface area contributed by atoms with Gasteiger partial charge in [0.05, 0.1) is 28.7 Å². The van der Waals surface area contributed by atoms with Crippen LogP contribution in [0, 0.1) is 13.8 Å². The largest absolute Gasteiger partial charge is 0.341 e. The second-order valence-corrected chi connectivity index (χ2v) is 13.0. The molecule has 5 rings (SSSR count). The summed E-state index contributed by atoms with van der Waals surface area (Å²) >= 11 is 12.6. The van der Waals surface area contributed by atoms with Gasteiger partial charge in [0.25, 0.3) is 5.91 Å². The number of benzene rings is 3. The SMILES string of the molecule is Cc1cc(C)cc(C(=O)N2CCN(C(=O)CNC3CCN(C(=O)[C@H](N)Cc4ccccc4)CC3)[C@H](c3ccc(Cl)c(Cl)c3)C2)c1. The minimum absolute atomic E-state index is 0.0360. The van der Waals surface area contributed by atoms with Crippen molar-refractivity contribution in [2.24, 2.45) is 5.73 Å². The lowest BCUT2D eigenvalue weighted by atomic mass is 10.00. The first-order valence-electron chi connectivity index (χ1n) is 15.5. The van der Waals surface area contributed by atoms with E-state index in [1.807, 2.05) is 83.1 Å². The fourth-order valence-corrected chi connectivity index (χ4v) is 6.69. The second-order valence-electron chi connectivity index (χ2n) is 12.2. The highest BCUT2D eigenvalue weighted by molar-refractivity contribution is 6.42. The summed E-state index contributed by atoms with van der Waals surface area (Å²) in [7, 11) is 0. The molecule has 3 N–H and O–H groups in total. The summed E-state index contributed by atoms with van der Waals surface area (Å²) < 4.78 is 0. The molecule has 0 aromatic heterocycles. The van der Waals surface area contributed by atoms with Gasteiger partial charge in [0.2, 0.25) is 11.8 Å². The molecule has 3 amide bonds. The first-order valence-corrected chi connectivity index (χ1v) is 16.3. The summed E-state index contributed by atoms with van der Waals surface area (Å²) in [6.45, 7) is 6.49. The summed E-state index contributed by atoms with van der Waals surface area (Å²) in [5.41, 5.74) is 10.8. The minimum atomic E-state index is -0.572. The molecule has 0 spiro atoms. The number of halogens is 2. The fraction of sp³-hybridized carbons (Fsp3) is 0.400. The lowest BCUT2D eigenvalue weighted by Crippen LogP contribution is -2.55. The number of hydrogen-bond donors (Lipinski definition) is 2. The molecule has 3 aromatic rings. The maximum atomic E-state index is 13.7. The number of carbonyl (C=O) groups excluding carboxylic acids is 3. The number of likely N-dealkylation sites (tertiary alicyclic amines) is 1. The van der Waals surface area contributed by atoms with Crippen LogP contribution in [0.3, 0.4) is 0 Å². The smallest absolute Gasteiger partial charge is 0.254 e. The fourth-order valence-electron chi connectivity index (χ4n) is 6.38. The van der Waals surface area contributed by atoms with E-state index in [1.54, 1.807) is 12.1 Å². The molecule has 2 saturated heterocycles. The third-order valence-corrected chi connectivity index (χ3v) is 9.49. The monoisotopic (exact) mass is 649 g/mol. The van der Waals surface area contributed by atoms with Gasteiger partial charge in [0.15, 0.2) is 0 Å². The van der Waals surface area contributed by atoms with E-state index in [4.69, 9.17) is 28.9 Å². The zero-order valence-corrected chi connectivity index (χ0v) is 27.4. The van der Waals surface area contributed by atoms with E-state index in [-0.39, 0.29) is 36.3 Å². The number of amides is 3. The van der Waals surface area contributed by atoms with Crippen LogP contribution < -0.4 is 11.1 Å². The van der Waals surface area contributed by atoms with Gasteiger partial charge in [0, 0.05) is 44.3 Å². The van der Waals surface area contributed by atoms with Gasteiger partial charge in [-0.2, -0.15) is 0 Å². The Kier molecular flexibility index (Phi) is 10.8. The maximum Gasteiger partial charge on any atom is 0.254 e. The van der Waals surface area contributed by atoms with Crippen LogP contribution in [0.15, 0.2) is 66.7 Å². The Balaban J connectivity index is 1.19. The number of piperazine rings is 1. The number of nitrogens with one attached hydrogen (secondary N) is 1. The third-order valence-electron chi connectivity index (χ3n) is 8.75. The Labute approximate surface area is 275 Å². The lowest BCUT2D eigenvalue weighted by Gasteiger charge is -2.42. The van der Waals surface area contributed by atoms with Crippen molar-refractivity contribution in [1.29, 1.82) is 0 Å². The summed E-state index contributed by atoms with van der Waals surface area (Å²) in [5.74, 6) is -0.138. The van der Waals surface area contributed by atoms with Crippen molar-refractivity contribution in [2.75, 3.05) is 39.3 Å². The normalized spacial score (nSPS) is 18.2. The second kappa shape index (κ2) is 14.8. The number of carbonyl (C=O) groups is 3. The Bertz CT molecular complexity index is 1510. The molecule has 2 atom stereocenters. The molecule has 2 fully saturated rings. The maximum absolute atomic E-state index is 13.7. The lowest BCUT2D eigenvalue weighted by molar-refractivity contribution is -0.136. The van der Waals surface area contributed by atoms with Crippen molar-refractivity contribution in [3.05, 3.63) is 105 Å². The number of aryl methyl sites for hydroxylation is 2. The molecule has 10 heteroatoms. The molecule has 2 heterocycles. The zero-order valence-electron chi connectivity index (χ0n) is 25.8. The molecule has 0 saturated carbocycles. The Morgan fingerprint density at radius 1 is 0.867 bits per heavy atom. The van der Waals surface area contributed by atoms with E-state index >= 15 is 0 Å². The predicted octanol–water partition coefficient (Wildman–Crippen LogP) is 4.79. The van der Waals surface area contributed by atoms with Crippen LogP contribution in [0.2, 0.25) is 10.0 Å². The molecule has 238 valence electrons. The number of piperidine rings is 1. The molecule has 0 aliphatic carbocycles. The van der Waals surface area contributed by atoms with Gasteiger partial charge in [-0.05, 0) is 68.5 Å². The van der Waals surface area contributed by atoms with E-state index in [0.29, 0.717) is 54.8 Å². The van der Waals surface area contributed by atoms with Gasteiger partial charge in [0.1, 0.15) is 0 Å². The van der Waals surface area contributed by atoms with Gasteiger partial charge in [-0.25, -0.2) is 0 Å². The van der Waals surface area contributed by atoms with Gasteiger partial charge in [-0.15, -0.1) is 0 Å². The van der Waals surface area contributed by atoms with Crippen molar-refractivity contribution in [2.45, 2.75) is 51.2 Å². The van der Waals surface area contributed by atoms with Crippen molar-refractivity contribution in [1.82, 2.24) is 20.0 Å². The Morgan fingerprint density at radius 3 is 2.22 bits per heavy atom. The third kappa shape index (κ3) is 8.24. The van der Waals surface area contributed by atoms with Crippen LogP contribution in [0.4, 0.5) is 0 Å². The van der Waals surface area contributed by atoms with Crippen molar-refractivity contribution in [3.8, 4) is 0 Å². The average Bonchev–Trinajstić information content (AvgIpc) is 3.04. The van der Waals surface area contributed by atoms with Crippen LogP contribution in [-0.2, 0) is 16.0 Å². The Morgan fingerprint density at radius 2 is 1.56 bits per heavy atom.